The van der Waals surface area contributed by atoms with Crippen molar-refractivity contribution in [2.75, 3.05) is 18.8 Å². The summed E-state index contributed by atoms with van der Waals surface area (Å²) in [6.45, 7) is 8.92. The summed E-state index contributed by atoms with van der Waals surface area (Å²) >= 11 is 1.56. The highest BCUT2D eigenvalue weighted by Gasteiger charge is 2.08. The van der Waals surface area contributed by atoms with Gasteiger partial charge in [-0.3, -0.25) is 0 Å². The molecule has 0 amide bonds. The van der Waals surface area contributed by atoms with Gasteiger partial charge in [-0.05, 0) is 43.5 Å². The molecule has 17 heavy (non-hydrogen) atoms. The third kappa shape index (κ3) is 14.2. The molecule has 2 nitrogen and oxygen atoms in total. The van der Waals surface area contributed by atoms with Crippen LogP contribution in [-0.2, 0) is 0 Å². The topological polar surface area (TPSA) is 32.3 Å². The highest BCUT2D eigenvalue weighted by Crippen LogP contribution is 2.11. The van der Waals surface area contributed by atoms with Crippen molar-refractivity contribution in [2.45, 2.75) is 59.0 Å². The van der Waals surface area contributed by atoms with Gasteiger partial charge in [0.05, 0.1) is 6.10 Å². The molecule has 0 rings (SSSR count). The van der Waals surface area contributed by atoms with Crippen molar-refractivity contribution in [3.05, 3.63) is 6.26 Å². The summed E-state index contributed by atoms with van der Waals surface area (Å²) in [6, 6.07) is 0. The average molecular weight is 260 g/mol. The van der Waals surface area contributed by atoms with E-state index in [-0.39, 0.29) is 6.10 Å². The fourth-order valence-electron chi connectivity index (χ4n) is 1.63. The predicted molar refractivity (Wildman–Crippen MR) is 79.2 cm³/mol. The molecular weight excluding hydrogens is 230 g/mol. The molecule has 0 aliphatic heterocycles. The molecule has 0 spiro atoms. The number of aliphatic hydroxyl groups is 1. The maximum atomic E-state index is 9.63. The van der Waals surface area contributed by atoms with E-state index in [2.05, 4.69) is 32.3 Å². The zero-order chi connectivity index (χ0) is 13.1. The summed E-state index contributed by atoms with van der Waals surface area (Å²) in [6.07, 6.45) is 8.98. The van der Waals surface area contributed by atoms with Crippen molar-refractivity contribution in [3.63, 3.8) is 0 Å². The Morgan fingerprint density at radius 2 is 1.88 bits per heavy atom. The fraction of sp³-hybridized carbons (Fsp3) is 0.929. The molecule has 1 atom stereocenters. The maximum absolute atomic E-state index is 9.63. The number of hydrogen-bond donors (Lipinski definition) is 2. The van der Waals surface area contributed by atoms with Crippen LogP contribution in [0.15, 0.2) is 0 Å². The molecule has 0 aromatic rings. The van der Waals surface area contributed by atoms with E-state index >= 15 is 0 Å². The highest BCUT2D eigenvalue weighted by atomic mass is 32.2. The molecule has 0 aromatic carbocycles. The van der Waals surface area contributed by atoms with Gasteiger partial charge in [0.1, 0.15) is 0 Å². The molecule has 0 bridgehead atoms. The standard InChI is InChI=1S/C14H30NOS/c1-14(2,3)12-15-10-7-5-6-8-13(16)9-11-17-4/h13,15-16H,4-12H2,1-3H3/t13-/m1/s1. The maximum Gasteiger partial charge on any atom is 0.0548 e. The first kappa shape index (κ1) is 17.3. The Bertz CT molecular complexity index is 168. The quantitative estimate of drug-likeness (QED) is 0.590. The number of thioether (sulfide) groups is 1. The second-order valence-electron chi connectivity index (χ2n) is 5.94. The van der Waals surface area contributed by atoms with Crippen molar-refractivity contribution >= 4 is 11.8 Å². The molecular formula is C14H30NOS. The first-order valence-corrected chi connectivity index (χ1v) is 7.87. The minimum absolute atomic E-state index is 0.119. The summed E-state index contributed by atoms with van der Waals surface area (Å²) < 4.78 is 0. The number of unbranched alkanes of at least 4 members (excludes halogenated alkanes) is 2. The van der Waals surface area contributed by atoms with E-state index in [9.17, 15) is 5.11 Å². The van der Waals surface area contributed by atoms with Crippen LogP contribution in [0.3, 0.4) is 0 Å². The number of nitrogens with one attached hydrogen (secondary N) is 1. The van der Waals surface area contributed by atoms with Crippen molar-refractivity contribution in [1.82, 2.24) is 5.32 Å². The largest absolute Gasteiger partial charge is 0.393 e. The molecule has 1 radical (unpaired) electrons. The summed E-state index contributed by atoms with van der Waals surface area (Å²) in [5.41, 5.74) is 0.377. The Morgan fingerprint density at radius 1 is 1.18 bits per heavy atom. The van der Waals surface area contributed by atoms with Gasteiger partial charge in [0.2, 0.25) is 0 Å². The molecule has 3 heteroatoms. The van der Waals surface area contributed by atoms with Gasteiger partial charge in [-0.2, -0.15) is 11.8 Å². The molecule has 0 saturated heterocycles. The van der Waals surface area contributed by atoms with Crippen LogP contribution < -0.4 is 5.32 Å². The van der Waals surface area contributed by atoms with E-state index in [0.717, 1.165) is 38.1 Å². The zero-order valence-electron chi connectivity index (χ0n) is 11.8. The van der Waals surface area contributed by atoms with Gasteiger partial charge in [0.25, 0.3) is 0 Å². The Labute approximate surface area is 112 Å². The normalized spacial score (nSPS) is 13.9. The van der Waals surface area contributed by atoms with Crippen molar-refractivity contribution in [1.29, 1.82) is 0 Å². The second-order valence-corrected chi connectivity index (χ2v) is 6.75. The molecule has 0 aliphatic rings. The molecule has 0 saturated carbocycles. The van der Waals surface area contributed by atoms with Crippen LogP contribution in [0, 0.1) is 11.7 Å². The van der Waals surface area contributed by atoms with Gasteiger partial charge in [-0.1, -0.05) is 33.6 Å². The summed E-state index contributed by atoms with van der Waals surface area (Å²) in [7, 11) is 0. The average Bonchev–Trinajstić information content (AvgIpc) is 2.23. The monoisotopic (exact) mass is 260 g/mol. The van der Waals surface area contributed by atoms with Gasteiger partial charge in [-0.15, -0.1) is 0 Å². The van der Waals surface area contributed by atoms with Crippen LogP contribution >= 0.6 is 11.8 Å². The molecule has 2 N–H and O–H groups in total. The highest BCUT2D eigenvalue weighted by molar-refractivity contribution is 8.00. The van der Waals surface area contributed by atoms with Crippen LogP contribution in [0.25, 0.3) is 0 Å². The summed E-state index contributed by atoms with van der Waals surface area (Å²) in [5.74, 6) is 0.967. The predicted octanol–water partition coefficient (Wildman–Crippen LogP) is 3.46. The van der Waals surface area contributed by atoms with Crippen LogP contribution in [0.5, 0.6) is 0 Å². The van der Waals surface area contributed by atoms with Gasteiger partial charge < -0.3 is 10.4 Å². The van der Waals surface area contributed by atoms with Gasteiger partial charge >= 0.3 is 0 Å². The Balaban J connectivity index is 3.18. The van der Waals surface area contributed by atoms with Gasteiger partial charge in [0.15, 0.2) is 0 Å². The number of hydrogen-bond acceptors (Lipinski definition) is 3. The SMILES string of the molecule is [CH2]SCC[C@H](O)CCCCCNCC(C)(C)C. The number of aliphatic hydroxyl groups excluding tert-OH is 1. The van der Waals surface area contributed by atoms with Crippen LogP contribution in [0.1, 0.15) is 52.9 Å². The minimum Gasteiger partial charge on any atom is -0.393 e. The fourth-order valence-corrected chi connectivity index (χ4v) is 2.07. The van der Waals surface area contributed by atoms with E-state index in [4.69, 9.17) is 0 Å². The van der Waals surface area contributed by atoms with Crippen molar-refractivity contribution in [2.24, 2.45) is 5.41 Å². The summed E-state index contributed by atoms with van der Waals surface area (Å²) in [5, 5.41) is 13.1. The lowest BCUT2D eigenvalue weighted by molar-refractivity contribution is 0.158. The summed E-state index contributed by atoms with van der Waals surface area (Å²) in [4.78, 5) is 0. The lowest BCUT2D eigenvalue weighted by atomic mass is 9.97. The van der Waals surface area contributed by atoms with E-state index in [1.165, 1.54) is 12.8 Å². The lowest BCUT2D eigenvalue weighted by Crippen LogP contribution is -2.27. The first-order chi connectivity index (χ1) is 7.95. The lowest BCUT2D eigenvalue weighted by Gasteiger charge is -2.18. The molecule has 0 unspecified atom stereocenters. The van der Waals surface area contributed by atoms with E-state index in [1.807, 2.05) is 0 Å². The molecule has 0 fully saturated rings. The Hall–Kier alpha value is 0.270. The molecule has 0 aliphatic carbocycles. The minimum atomic E-state index is -0.119. The number of rotatable bonds is 10. The van der Waals surface area contributed by atoms with Crippen LogP contribution in [0.4, 0.5) is 0 Å². The first-order valence-electron chi connectivity index (χ1n) is 6.71. The molecule has 0 aromatic heterocycles. The van der Waals surface area contributed by atoms with Crippen molar-refractivity contribution < 1.29 is 5.11 Å². The Kier molecular flexibility index (Phi) is 10.4. The molecule has 103 valence electrons. The smallest absolute Gasteiger partial charge is 0.0548 e. The Morgan fingerprint density at radius 3 is 2.47 bits per heavy atom. The van der Waals surface area contributed by atoms with Crippen LogP contribution in [0.2, 0.25) is 0 Å². The van der Waals surface area contributed by atoms with Gasteiger partial charge in [0, 0.05) is 6.26 Å². The zero-order valence-corrected chi connectivity index (χ0v) is 12.6. The van der Waals surface area contributed by atoms with Crippen molar-refractivity contribution in [3.8, 4) is 0 Å². The molecule has 0 heterocycles. The second kappa shape index (κ2) is 10.2. The van der Waals surface area contributed by atoms with E-state index < -0.39 is 0 Å². The third-order valence-electron chi connectivity index (χ3n) is 2.64. The van der Waals surface area contributed by atoms with E-state index in [1.54, 1.807) is 11.8 Å². The van der Waals surface area contributed by atoms with Gasteiger partial charge in [-0.25, -0.2) is 0 Å². The van der Waals surface area contributed by atoms with E-state index in [0.29, 0.717) is 5.41 Å². The third-order valence-corrected chi connectivity index (χ3v) is 3.17. The van der Waals surface area contributed by atoms with Crippen LogP contribution in [-0.4, -0.2) is 30.1 Å².